The van der Waals surface area contributed by atoms with Gasteiger partial charge in [0.05, 0.1) is 13.7 Å². The van der Waals surface area contributed by atoms with Crippen LogP contribution in [0.1, 0.15) is 51.5 Å². The molecule has 1 amide bonds. The molecule has 0 spiro atoms. The van der Waals surface area contributed by atoms with Gasteiger partial charge >= 0.3 is 18.7 Å². The first-order valence-electron chi connectivity index (χ1n) is 10.4. The van der Waals surface area contributed by atoms with Crippen molar-refractivity contribution in [1.29, 1.82) is 0 Å². The Morgan fingerprint density at radius 3 is 2.48 bits per heavy atom. The summed E-state index contributed by atoms with van der Waals surface area (Å²) in [6, 6.07) is 3.95. The van der Waals surface area contributed by atoms with Gasteiger partial charge in [-0.25, -0.2) is 9.59 Å². The fourth-order valence-corrected chi connectivity index (χ4v) is 3.54. The number of carbonyl (C=O) groups is 2. The van der Waals surface area contributed by atoms with E-state index in [-0.39, 0.29) is 24.0 Å². The molecular weight excluding hydrogens is 412 g/mol. The van der Waals surface area contributed by atoms with E-state index >= 15 is 0 Å². The summed E-state index contributed by atoms with van der Waals surface area (Å²) in [5, 5.41) is 0. The second-order valence-electron chi connectivity index (χ2n) is 8.94. The van der Waals surface area contributed by atoms with Crippen molar-refractivity contribution in [2.24, 2.45) is 5.92 Å². The average Bonchev–Trinajstić information content (AvgIpc) is 3.40. The van der Waals surface area contributed by atoms with Crippen molar-refractivity contribution in [1.82, 2.24) is 4.90 Å². The van der Waals surface area contributed by atoms with Gasteiger partial charge in [-0.1, -0.05) is 6.07 Å². The highest BCUT2D eigenvalue weighted by Crippen LogP contribution is 2.39. The summed E-state index contributed by atoms with van der Waals surface area (Å²) in [4.78, 5) is 26.3. The molecule has 1 saturated carbocycles. The van der Waals surface area contributed by atoms with Crippen molar-refractivity contribution in [3.05, 3.63) is 23.8 Å². The van der Waals surface area contributed by atoms with Crippen LogP contribution in [0, 0.1) is 5.92 Å². The monoisotopic (exact) mass is 441 g/mol. The number of hydrogen-bond donors (Lipinski definition) is 0. The van der Waals surface area contributed by atoms with Crippen LogP contribution in [0.4, 0.5) is 13.6 Å². The largest absolute Gasteiger partial charge is 0.489 e. The summed E-state index contributed by atoms with van der Waals surface area (Å²) in [5.41, 5.74) is 0.0425. The summed E-state index contributed by atoms with van der Waals surface area (Å²) in [7, 11) is 1.27. The van der Waals surface area contributed by atoms with Gasteiger partial charge in [0.15, 0.2) is 11.5 Å². The predicted octanol–water partition coefficient (Wildman–Crippen LogP) is 4.34. The van der Waals surface area contributed by atoms with Crippen LogP contribution in [0.5, 0.6) is 11.5 Å². The maximum absolute atomic E-state index is 12.8. The Bertz CT molecular complexity index is 806. The van der Waals surface area contributed by atoms with Gasteiger partial charge in [0.2, 0.25) is 0 Å². The maximum Gasteiger partial charge on any atom is 0.411 e. The van der Waals surface area contributed by atoms with Gasteiger partial charge in [0.25, 0.3) is 0 Å². The number of amides is 1. The minimum Gasteiger partial charge on any atom is -0.489 e. The van der Waals surface area contributed by atoms with Crippen LogP contribution in [0.3, 0.4) is 0 Å². The Hall–Kier alpha value is -2.58. The van der Waals surface area contributed by atoms with Crippen LogP contribution in [-0.4, -0.2) is 55.5 Å². The van der Waals surface area contributed by atoms with E-state index in [4.69, 9.17) is 14.2 Å². The molecule has 1 aromatic rings. The molecule has 0 bridgehead atoms. The number of hydrogen-bond acceptors (Lipinski definition) is 6. The number of halogens is 2. The molecule has 1 aromatic carbocycles. The van der Waals surface area contributed by atoms with E-state index in [9.17, 15) is 18.4 Å². The summed E-state index contributed by atoms with van der Waals surface area (Å²) < 4.78 is 46.2. The molecule has 0 aromatic heterocycles. The topological polar surface area (TPSA) is 74.3 Å². The Balaban J connectivity index is 1.82. The molecule has 2 fully saturated rings. The van der Waals surface area contributed by atoms with Crippen molar-refractivity contribution in [2.45, 2.75) is 64.2 Å². The number of esters is 1. The molecule has 0 unspecified atom stereocenters. The van der Waals surface area contributed by atoms with E-state index in [1.54, 1.807) is 32.9 Å². The number of rotatable bonds is 7. The van der Waals surface area contributed by atoms with E-state index in [1.165, 1.54) is 18.1 Å². The Morgan fingerprint density at radius 2 is 1.90 bits per heavy atom. The van der Waals surface area contributed by atoms with Gasteiger partial charge in [0, 0.05) is 12.5 Å². The molecular formula is C22H29F2NO6. The lowest BCUT2D eigenvalue weighted by Crippen LogP contribution is -2.43. The Kier molecular flexibility index (Phi) is 6.91. The average molecular weight is 441 g/mol. The minimum atomic E-state index is -2.97. The maximum atomic E-state index is 12.8. The molecule has 2 atom stereocenters. The van der Waals surface area contributed by atoms with Crippen LogP contribution in [0.2, 0.25) is 0 Å². The first kappa shape index (κ1) is 23.1. The van der Waals surface area contributed by atoms with Gasteiger partial charge in [-0.3, -0.25) is 4.90 Å². The quantitative estimate of drug-likeness (QED) is 0.586. The summed E-state index contributed by atoms with van der Waals surface area (Å²) in [6.45, 7) is 2.94. The molecule has 1 saturated heterocycles. The molecule has 172 valence electrons. The normalized spacial score (nSPS) is 21.2. The molecule has 31 heavy (non-hydrogen) atoms. The standard InChI is InChI=1S/C22H29F2NO6/c1-22(2,3)31-21(27)25-11-15(9-16(25)19(26)28-4)14-7-8-17(30-20(23)24)18(10-14)29-12-13-5-6-13/h7-8,10,13,15-16,20H,5-6,9,11-12H2,1-4H3/t15-,16-/m0/s1. The third kappa shape index (κ3) is 6.21. The summed E-state index contributed by atoms with van der Waals surface area (Å²) >= 11 is 0. The first-order valence-corrected chi connectivity index (χ1v) is 10.4. The van der Waals surface area contributed by atoms with Gasteiger partial charge in [0.1, 0.15) is 11.6 Å². The SMILES string of the molecule is COC(=O)[C@@H]1C[C@H](c2ccc(OC(F)F)c(OCC3CC3)c2)CN1C(=O)OC(C)(C)C. The molecule has 7 nitrogen and oxygen atoms in total. The smallest absolute Gasteiger partial charge is 0.411 e. The number of likely N-dealkylation sites (tertiary alicyclic amines) is 1. The van der Waals surface area contributed by atoms with E-state index in [0.29, 0.717) is 18.9 Å². The Labute approximate surface area is 180 Å². The zero-order valence-electron chi connectivity index (χ0n) is 18.2. The van der Waals surface area contributed by atoms with Crippen molar-refractivity contribution < 1.29 is 37.3 Å². The zero-order valence-corrected chi connectivity index (χ0v) is 18.2. The lowest BCUT2D eigenvalue weighted by molar-refractivity contribution is -0.145. The molecule has 2 aliphatic rings. The highest BCUT2D eigenvalue weighted by Gasteiger charge is 2.42. The zero-order chi connectivity index (χ0) is 22.8. The van der Waals surface area contributed by atoms with Gasteiger partial charge in [-0.2, -0.15) is 8.78 Å². The molecule has 3 rings (SSSR count). The number of nitrogens with zero attached hydrogens (tertiary/aromatic N) is 1. The molecule has 0 N–H and O–H groups in total. The van der Waals surface area contributed by atoms with E-state index in [2.05, 4.69) is 4.74 Å². The highest BCUT2D eigenvalue weighted by atomic mass is 19.3. The van der Waals surface area contributed by atoms with Gasteiger partial charge < -0.3 is 18.9 Å². The first-order chi connectivity index (χ1) is 14.6. The lowest BCUT2D eigenvalue weighted by Gasteiger charge is -2.27. The number of methoxy groups -OCH3 is 1. The van der Waals surface area contributed by atoms with Crippen LogP contribution >= 0.6 is 0 Å². The van der Waals surface area contributed by atoms with Gasteiger partial charge in [-0.15, -0.1) is 0 Å². The molecule has 1 heterocycles. The minimum absolute atomic E-state index is 0.0362. The van der Waals surface area contributed by atoms with Gasteiger partial charge in [-0.05, 0) is 63.6 Å². The third-order valence-corrected chi connectivity index (χ3v) is 5.23. The molecule has 1 aliphatic carbocycles. The second-order valence-corrected chi connectivity index (χ2v) is 8.94. The van der Waals surface area contributed by atoms with Crippen molar-refractivity contribution in [3.63, 3.8) is 0 Å². The van der Waals surface area contributed by atoms with Crippen LogP contribution in [0.25, 0.3) is 0 Å². The number of alkyl halides is 2. The summed E-state index contributed by atoms with van der Waals surface area (Å²) in [5.74, 6) is -0.126. The van der Waals surface area contributed by atoms with E-state index < -0.39 is 30.3 Å². The van der Waals surface area contributed by atoms with Crippen molar-refractivity contribution in [3.8, 4) is 11.5 Å². The fraction of sp³-hybridized carbons (Fsp3) is 0.636. The van der Waals surface area contributed by atoms with Crippen LogP contribution in [-0.2, 0) is 14.3 Å². The predicted molar refractivity (Wildman–Crippen MR) is 107 cm³/mol. The van der Waals surface area contributed by atoms with Crippen molar-refractivity contribution >= 4 is 12.1 Å². The lowest BCUT2D eigenvalue weighted by atomic mass is 9.96. The fourth-order valence-electron chi connectivity index (χ4n) is 3.54. The molecule has 1 aliphatic heterocycles. The molecule has 0 radical (unpaired) electrons. The van der Waals surface area contributed by atoms with E-state index in [0.717, 1.165) is 18.4 Å². The number of benzene rings is 1. The Morgan fingerprint density at radius 1 is 1.19 bits per heavy atom. The number of ether oxygens (including phenoxy) is 4. The van der Waals surface area contributed by atoms with Crippen LogP contribution < -0.4 is 9.47 Å². The molecule has 9 heteroatoms. The summed E-state index contributed by atoms with van der Waals surface area (Å²) in [6.07, 6.45) is 1.83. The second kappa shape index (κ2) is 9.28. The van der Waals surface area contributed by atoms with E-state index in [1.807, 2.05) is 0 Å². The van der Waals surface area contributed by atoms with Crippen molar-refractivity contribution in [2.75, 3.05) is 20.3 Å². The number of carbonyl (C=O) groups excluding carboxylic acids is 2. The third-order valence-electron chi connectivity index (χ3n) is 5.23. The van der Waals surface area contributed by atoms with Crippen LogP contribution in [0.15, 0.2) is 18.2 Å². The highest BCUT2D eigenvalue weighted by molar-refractivity contribution is 5.82.